The molecule has 0 aliphatic heterocycles. The van der Waals surface area contributed by atoms with Gasteiger partial charge < -0.3 is 14.6 Å². The number of nitrogens with one attached hydrogen (secondary N) is 1. The molecule has 0 radical (unpaired) electrons. The van der Waals surface area contributed by atoms with E-state index in [9.17, 15) is 0 Å². The number of imidazole rings is 1. The van der Waals surface area contributed by atoms with E-state index in [-0.39, 0.29) is 0 Å². The molecule has 20 heavy (non-hydrogen) atoms. The van der Waals surface area contributed by atoms with Crippen LogP contribution in [0, 0.1) is 6.92 Å². The van der Waals surface area contributed by atoms with Crippen LogP contribution in [0.15, 0.2) is 34.9 Å². The maximum atomic E-state index is 5.78. The summed E-state index contributed by atoms with van der Waals surface area (Å²) in [6.45, 7) is 7.36. The van der Waals surface area contributed by atoms with E-state index in [1.54, 1.807) is 0 Å². The standard InChI is InChI=1S/C15H20BrN3O/c1-3-17-10-14-11-18-12(2)19(14)7-8-20-15-6-4-5-13(16)9-15/h4-6,9,11,17H,3,7-8,10H2,1-2H3. The highest BCUT2D eigenvalue weighted by Gasteiger charge is 2.06. The van der Waals surface area contributed by atoms with Gasteiger partial charge in [-0.1, -0.05) is 28.9 Å². The van der Waals surface area contributed by atoms with Gasteiger partial charge in [-0.2, -0.15) is 0 Å². The Labute approximate surface area is 128 Å². The SMILES string of the molecule is CCNCc1cnc(C)n1CCOc1cccc(Br)c1. The normalized spacial score (nSPS) is 10.8. The second kappa shape index (κ2) is 7.45. The fourth-order valence-corrected chi connectivity index (χ4v) is 2.40. The topological polar surface area (TPSA) is 39.1 Å². The van der Waals surface area contributed by atoms with Crippen LogP contribution in [0.1, 0.15) is 18.4 Å². The van der Waals surface area contributed by atoms with Gasteiger partial charge in [-0.25, -0.2) is 4.98 Å². The Hall–Kier alpha value is -1.33. The first-order valence-corrected chi connectivity index (χ1v) is 7.60. The van der Waals surface area contributed by atoms with E-state index >= 15 is 0 Å². The predicted octanol–water partition coefficient (Wildman–Crippen LogP) is 3.14. The molecule has 5 heteroatoms. The van der Waals surface area contributed by atoms with E-state index in [1.165, 1.54) is 5.69 Å². The van der Waals surface area contributed by atoms with Crippen molar-refractivity contribution in [2.24, 2.45) is 0 Å². The number of ether oxygens (including phenoxy) is 1. The summed E-state index contributed by atoms with van der Waals surface area (Å²) in [6.07, 6.45) is 1.93. The molecule has 0 fully saturated rings. The zero-order valence-corrected chi connectivity index (χ0v) is 13.5. The maximum absolute atomic E-state index is 5.78. The van der Waals surface area contributed by atoms with Gasteiger partial charge in [0.2, 0.25) is 0 Å². The molecular formula is C15H20BrN3O. The highest BCUT2D eigenvalue weighted by molar-refractivity contribution is 9.10. The predicted molar refractivity (Wildman–Crippen MR) is 84.0 cm³/mol. The lowest BCUT2D eigenvalue weighted by Crippen LogP contribution is -2.18. The highest BCUT2D eigenvalue weighted by Crippen LogP contribution is 2.17. The van der Waals surface area contributed by atoms with Crippen LogP contribution in [0.3, 0.4) is 0 Å². The third-order valence-electron chi connectivity index (χ3n) is 3.07. The molecule has 1 N–H and O–H groups in total. The molecule has 1 heterocycles. The Morgan fingerprint density at radius 3 is 3.00 bits per heavy atom. The molecule has 4 nitrogen and oxygen atoms in total. The average molecular weight is 338 g/mol. The first kappa shape index (κ1) is 15.1. The molecule has 108 valence electrons. The summed E-state index contributed by atoms with van der Waals surface area (Å²) in [6, 6.07) is 7.89. The fraction of sp³-hybridized carbons (Fsp3) is 0.400. The van der Waals surface area contributed by atoms with E-state index in [0.29, 0.717) is 6.61 Å². The van der Waals surface area contributed by atoms with E-state index in [1.807, 2.05) is 37.4 Å². The van der Waals surface area contributed by atoms with Gasteiger partial charge in [-0.05, 0) is 31.7 Å². The number of nitrogens with zero attached hydrogens (tertiary/aromatic N) is 2. The lowest BCUT2D eigenvalue weighted by Gasteiger charge is -2.12. The first-order chi connectivity index (χ1) is 9.70. The quantitative estimate of drug-likeness (QED) is 0.843. The third-order valence-corrected chi connectivity index (χ3v) is 3.57. The van der Waals surface area contributed by atoms with Crippen molar-refractivity contribution in [3.8, 4) is 5.75 Å². The third kappa shape index (κ3) is 4.08. The molecule has 0 saturated carbocycles. The van der Waals surface area contributed by atoms with E-state index in [4.69, 9.17) is 4.74 Å². The van der Waals surface area contributed by atoms with Crippen LogP contribution < -0.4 is 10.1 Å². The number of hydrogen-bond donors (Lipinski definition) is 1. The van der Waals surface area contributed by atoms with Crippen LogP contribution in [0.4, 0.5) is 0 Å². The number of aryl methyl sites for hydroxylation is 1. The van der Waals surface area contributed by atoms with Crippen molar-refractivity contribution in [3.63, 3.8) is 0 Å². The second-order valence-corrected chi connectivity index (χ2v) is 5.45. The van der Waals surface area contributed by atoms with Crippen molar-refractivity contribution in [2.75, 3.05) is 13.2 Å². The summed E-state index contributed by atoms with van der Waals surface area (Å²) >= 11 is 3.44. The van der Waals surface area contributed by atoms with Crippen LogP contribution in [-0.2, 0) is 13.1 Å². The number of hydrogen-bond acceptors (Lipinski definition) is 3. The second-order valence-electron chi connectivity index (χ2n) is 4.53. The molecule has 0 unspecified atom stereocenters. The summed E-state index contributed by atoms with van der Waals surface area (Å²) in [5.74, 6) is 1.90. The molecular weight excluding hydrogens is 318 g/mol. The molecule has 0 atom stereocenters. The van der Waals surface area contributed by atoms with Crippen LogP contribution in [0.25, 0.3) is 0 Å². The molecule has 0 amide bonds. The number of rotatable bonds is 7. The molecule has 1 aromatic heterocycles. The summed E-state index contributed by atoms with van der Waals surface area (Å²) in [7, 11) is 0. The van der Waals surface area contributed by atoms with E-state index in [2.05, 4.69) is 37.7 Å². The minimum atomic E-state index is 0.632. The van der Waals surface area contributed by atoms with Crippen molar-refractivity contribution in [3.05, 3.63) is 46.5 Å². The minimum absolute atomic E-state index is 0.632. The average Bonchev–Trinajstić information content (AvgIpc) is 2.78. The first-order valence-electron chi connectivity index (χ1n) is 6.80. The molecule has 0 bridgehead atoms. The molecule has 2 aromatic rings. The van der Waals surface area contributed by atoms with E-state index in [0.717, 1.165) is 35.7 Å². The largest absolute Gasteiger partial charge is 0.492 e. The zero-order valence-electron chi connectivity index (χ0n) is 11.9. The highest BCUT2D eigenvalue weighted by atomic mass is 79.9. The summed E-state index contributed by atoms with van der Waals surface area (Å²) in [4.78, 5) is 4.37. The van der Waals surface area contributed by atoms with Crippen LogP contribution in [0.5, 0.6) is 5.75 Å². The summed E-state index contributed by atoms with van der Waals surface area (Å²) in [5.41, 5.74) is 1.20. The molecule has 0 aliphatic carbocycles. The van der Waals surface area contributed by atoms with Gasteiger partial charge in [0, 0.05) is 17.2 Å². The Balaban J connectivity index is 1.92. The van der Waals surface area contributed by atoms with Gasteiger partial charge in [0.25, 0.3) is 0 Å². The summed E-state index contributed by atoms with van der Waals surface area (Å²) < 4.78 is 9.00. The fourth-order valence-electron chi connectivity index (χ4n) is 2.03. The zero-order chi connectivity index (χ0) is 14.4. The Bertz CT molecular complexity index is 554. The van der Waals surface area contributed by atoms with Gasteiger partial charge in [-0.3, -0.25) is 0 Å². The smallest absolute Gasteiger partial charge is 0.120 e. The van der Waals surface area contributed by atoms with E-state index < -0.39 is 0 Å². The van der Waals surface area contributed by atoms with Crippen molar-refractivity contribution in [2.45, 2.75) is 26.9 Å². The van der Waals surface area contributed by atoms with Crippen LogP contribution in [0.2, 0.25) is 0 Å². The molecule has 0 aliphatic rings. The molecule has 0 saturated heterocycles. The molecule has 2 rings (SSSR count). The lowest BCUT2D eigenvalue weighted by molar-refractivity contribution is 0.294. The lowest BCUT2D eigenvalue weighted by atomic mass is 10.3. The van der Waals surface area contributed by atoms with Crippen LogP contribution in [-0.4, -0.2) is 22.7 Å². The van der Waals surface area contributed by atoms with Gasteiger partial charge in [0.05, 0.1) is 12.2 Å². The molecule has 1 aromatic carbocycles. The van der Waals surface area contributed by atoms with Crippen LogP contribution >= 0.6 is 15.9 Å². The number of aromatic nitrogens is 2. The summed E-state index contributed by atoms with van der Waals surface area (Å²) in [5, 5.41) is 3.33. The monoisotopic (exact) mass is 337 g/mol. The number of halogens is 1. The van der Waals surface area contributed by atoms with Gasteiger partial charge >= 0.3 is 0 Å². The van der Waals surface area contributed by atoms with Crippen molar-refractivity contribution in [1.29, 1.82) is 0 Å². The molecule has 0 spiro atoms. The van der Waals surface area contributed by atoms with Gasteiger partial charge in [0.15, 0.2) is 0 Å². The van der Waals surface area contributed by atoms with Crippen molar-refractivity contribution >= 4 is 15.9 Å². The number of benzene rings is 1. The Morgan fingerprint density at radius 1 is 1.40 bits per heavy atom. The maximum Gasteiger partial charge on any atom is 0.120 e. The van der Waals surface area contributed by atoms with Crippen molar-refractivity contribution < 1.29 is 4.74 Å². The Morgan fingerprint density at radius 2 is 2.25 bits per heavy atom. The Kier molecular flexibility index (Phi) is 5.61. The van der Waals surface area contributed by atoms with Gasteiger partial charge in [0.1, 0.15) is 18.2 Å². The van der Waals surface area contributed by atoms with Crippen molar-refractivity contribution in [1.82, 2.24) is 14.9 Å². The minimum Gasteiger partial charge on any atom is -0.492 e. The van der Waals surface area contributed by atoms with Gasteiger partial charge in [-0.15, -0.1) is 0 Å².